The van der Waals surface area contributed by atoms with Gasteiger partial charge in [-0.3, -0.25) is 0 Å². The summed E-state index contributed by atoms with van der Waals surface area (Å²) in [6, 6.07) is 15.8. The molecule has 38 heavy (non-hydrogen) atoms. The van der Waals surface area contributed by atoms with Crippen molar-refractivity contribution in [1.82, 2.24) is 0 Å². The number of rotatable bonds is 18. The number of hydrogen-bond donors (Lipinski definition) is 0. The second kappa shape index (κ2) is 18.9. The van der Waals surface area contributed by atoms with Gasteiger partial charge in [0.05, 0.1) is 18.4 Å². The molecule has 0 radical (unpaired) electrons. The molecule has 1 aromatic heterocycles. The number of para-hydroxylation sites is 1. The predicted molar refractivity (Wildman–Crippen MR) is 154 cm³/mol. The Morgan fingerprint density at radius 1 is 0.868 bits per heavy atom. The third kappa shape index (κ3) is 11.2. The van der Waals surface area contributed by atoms with Crippen LogP contribution < -0.4 is 26.3 Å². The molecule has 0 saturated carbocycles. The SMILES string of the molecule is CCCCCCCCCCCCCCOC(=O)C[n+]1c(N=Cc2ccc(OC)cc2)sc2ccccc21.[Br-]. The van der Waals surface area contributed by atoms with Gasteiger partial charge in [-0.05, 0) is 59.1 Å². The Bertz CT molecular complexity index is 1100. The summed E-state index contributed by atoms with van der Waals surface area (Å²) in [5.41, 5.74) is 1.97. The van der Waals surface area contributed by atoms with Crippen molar-refractivity contribution in [3.05, 3.63) is 54.1 Å². The number of esters is 1. The molecule has 0 fully saturated rings. The average Bonchev–Trinajstić information content (AvgIpc) is 3.27. The van der Waals surface area contributed by atoms with E-state index >= 15 is 0 Å². The first-order valence-corrected chi connectivity index (χ1v) is 14.8. The molecule has 0 aliphatic rings. The lowest BCUT2D eigenvalue weighted by Gasteiger charge is -2.05. The number of methoxy groups -OCH3 is 1. The maximum absolute atomic E-state index is 12.6. The molecule has 0 amide bonds. The fraction of sp³-hybridized carbons (Fsp3) is 0.516. The Morgan fingerprint density at radius 2 is 1.47 bits per heavy atom. The number of benzene rings is 2. The molecule has 2 aromatic carbocycles. The molecule has 0 bridgehead atoms. The van der Waals surface area contributed by atoms with Gasteiger partial charge in [0.15, 0.2) is 6.54 Å². The number of unbranched alkanes of at least 4 members (excludes halogenated alkanes) is 11. The van der Waals surface area contributed by atoms with E-state index in [4.69, 9.17) is 14.5 Å². The normalized spacial score (nSPS) is 11.1. The zero-order chi connectivity index (χ0) is 26.1. The summed E-state index contributed by atoms with van der Waals surface area (Å²) in [6.07, 6.45) is 17.3. The maximum atomic E-state index is 12.6. The van der Waals surface area contributed by atoms with Gasteiger partial charge in [0.25, 0.3) is 0 Å². The Hall–Kier alpha value is -2.25. The first-order chi connectivity index (χ1) is 18.2. The molecule has 0 spiro atoms. The smallest absolute Gasteiger partial charge is 0.383 e. The number of ether oxygens (including phenoxy) is 2. The van der Waals surface area contributed by atoms with Crippen molar-refractivity contribution < 1.29 is 35.8 Å². The van der Waals surface area contributed by atoms with Crippen LogP contribution in [0.4, 0.5) is 5.13 Å². The van der Waals surface area contributed by atoms with Gasteiger partial charge < -0.3 is 26.5 Å². The van der Waals surface area contributed by atoms with Gasteiger partial charge in [0, 0.05) is 5.56 Å². The minimum atomic E-state index is -0.211. The first kappa shape index (κ1) is 32.0. The van der Waals surface area contributed by atoms with Gasteiger partial charge in [-0.15, -0.1) is 0 Å². The van der Waals surface area contributed by atoms with Gasteiger partial charge >= 0.3 is 11.1 Å². The van der Waals surface area contributed by atoms with Crippen LogP contribution in [0.3, 0.4) is 0 Å². The number of thiazole rings is 1. The van der Waals surface area contributed by atoms with Crippen molar-refractivity contribution in [2.75, 3.05) is 13.7 Å². The van der Waals surface area contributed by atoms with Crippen molar-refractivity contribution in [3.8, 4) is 5.75 Å². The molecule has 1 heterocycles. The molecule has 7 heteroatoms. The monoisotopic (exact) mass is 602 g/mol. The lowest BCUT2D eigenvalue weighted by molar-refractivity contribution is -0.643. The van der Waals surface area contributed by atoms with Crippen LogP contribution in [0.2, 0.25) is 0 Å². The summed E-state index contributed by atoms with van der Waals surface area (Å²) >= 11 is 1.57. The molecule has 0 atom stereocenters. The second-order valence-corrected chi connectivity index (χ2v) is 10.6. The fourth-order valence-corrected chi connectivity index (χ4v) is 5.40. The minimum absolute atomic E-state index is 0. The van der Waals surface area contributed by atoms with Gasteiger partial charge in [-0.1, -0.05) is 89.7 Å². The molecular formula is C31H43BrN2O3S. The topological polar surface area (TPSA) is 51.8 Å². The predicted octanol–water partition coefficient (Wildman–Crippen LogP) is 5.20. The minimum Gasteiger partial charge on any atom is -1.00 e. The van der Waals surface area contributed by atoms with E-state index in [0.717, 1.165) is 39.5 Å². The van der Waals surface area contributed by atoms with Crippen LogP contribution in [0.25, 0.3) is 10.2 Å². The van der Waals surface area contributed by atoms with E-state index in [9.17, 15) is 4.79 Å². The van der Waals surface area contributed by atoms with Crippen LogP contribution in [0.15, 0.2) is 53.5 Å². The fourth-order valence-electron chi connectivity index (χ4n) is 4.40. The summed E-state index contributed by atoms with van der Waals surface area (Å²) < 4.78 is 13.8. The Morgan fingerprint density at radius 3 is 2.11 bits per heavy atom. The molecule has 5 nitrogen and oxygen atoms in total. The summed E-state index contributed by atoms with van der Waals surface area (Å²) in [4.78, 5) is 17.3. The summed E-state index contributed by atoms with van der Waals surface area (Å²) in [7, 11) is 1.65. The van der Waals surface area contributed by atoms with E-state index in [0.29, 0.717) is 6.61 Å². The van der Waals surface area contributed by atoms with Crippen LogP contribution in [-0.4, -0.2) is 25.9 Å². The van der Waals surface area contributed by atoms with Gasteiger partial charge in [0.1, 0.15) is 17.5 Å². The van der Waals surface area contributed by atoms with E-state index in [1.165, 1.54) is 64.2 Å². The van der Waals surface area contributed by atoms with Crippen molar-refractivity contribution >= 4 is 38.9 Å². The highest BCUT2D eigenvalue weighted by Gasteiger charge is 2.21. The number of carbonyl (C=O) groups is 1. The van der Waals surface area contributed by atoms with E-state index in [-0.39, 0.29) is 29.5 Å². The van der Waals surface area contributed by atoms with Crippen LogP contribution in [0.5, 0.6) is 5.75 Å². The lowest BCUT2D eigenvalue weighted by atomic mass is 10.1. The highest BCUT2D eigenvalue weighted by molar-refractivity contribution is 7.21. The van der Waals surface area contributed by atoms with Crippen LogP contribution in [0, 0.1) is 0 Å². The molecule has 3 rings (SSSR count). The van der Waals surface area contributed by atoms with Crippen LogP contribution in [-0.2, 0) is 16.1 Å². The molecule has 0 aliphatic heterocycles. The summed E-state index contributed by atoms with van der Waals surface area (Å²) in [6.45, 7) is 2.92. The van der Waals surface area contributed by atoms with Crippen LogP contribution in [0.1, 0.15) is 89.5 Å². The summed E-state index contributed by atoms with van der Waals surface area (Å²) in [5, 5.41) is 0.777. The standard InChI is InChI=1S/C31H43N2O3S.BrH/c1-3-4-5-6-7-8-9-10-11-12-13-16-23-36-30(34)25-33-28-17-14-15-18-29(28)37-31(33)32-24-26-19-21-27(35-2)22-20-26;/h14-15,17-22,24H,3-13,16,23,25H2,1-2H3;1H/q+1;/p-1. The van der Waals surface area contributed by atoms with Crippen molar-refractivity contribution in [1.29, 1.82) is 0 Å². The third-order valence-corrected chi connectivity index (χ3v) is 7.65. The molecule has 0 unspecified atom stereocenters. The Labute approximate surface area is 243 Å². The average molecular weight is 604 g/mol. The number of carbonyl (C=O) groups excluding carboxylic acids is 1. The third-order valence-electron chi connectivity index (χ3n) is 6.58. The second-order valence-electron chi connectivity index (χ2n) is 9.58. The number of aromatic nitrogens is 1. The molecular weight excluding hydrogens is 560 g/mol. The van der Waals surface area contributed by atoms with Crippen molar-refractivity contribution in [3.63, 3.8) is 0 Å². The Balaban J connectivity index is 0.00000507. The maximum Gasteiger partial charge on any atom is 0.383 e. The van der Waals surface area contributed by atoms with Crippen molar-refractivity contribution in [2.24, 2.45) is 4.99 Å². The number of nitrogens with zero attached hydrogens (tertiary/aromatic N) is 2. The number of halogens is 1. The number of hydrogen-bond acceptors (Lipinski definition) is 5. The van der Waals surface area contributed by atoms with Gasteiger partial charge in [-0.2, -0.15) is 0 Å². The first-order valence-electron chi connectivity index (χ1n) is 14.0. The molecule has 0 aliphatic carbocycles. The van der Waals surface area contributed by atoms with Crippen LogP contribution >= 0.6 is 11.3 Å². The Kier molecular flexibility index (Phi) is 15.9. The molecule has 0 saturated heterocycles. The zero-order valence-electron chi connectivity index (χ0n) is 23.0. The highest BCUT2D eigenvalue weighted by Crippen LogP contribution is 2.26. The van der Waals surface area contributed by atoms with E-state index in [1.807, 2.05) is 53.2 Å². The lowest BCUT2D eigenvalue weighted by Crippen LogP contribution is -3.00. The van der Waals surface area contributed by atoms with Gasteiger partial charge in [0.2, 0.25) is 0 Å². The number of fused-ring (bicyclic) bond motifs is 1. The quantitative estimate of drug-likeness (QED) is 0.0870. The van der Waals surface area contributed by atoms with E-state index in [1.54, 1.807) is 18.4 Å². The molecule has 208 valence electrons. The molecule has 0 N–H and O–H groups in total. The molecule has 3 aromatic rings. The highest BCUT2D eigenvalue weighted by atomic mass is 79.9. The van der Waals surface area contributed by atoms with Crippen molar-refractivity contribution in [2.45, 2.75) is 90.5 Å². The van der Waals surface area contributed by atoms with E-state index in [2.05, 4.69) is 13.0 Å². The van der Waals surface area contributed by atoms with E-state index < -0.39 is 0 Å². The largest absolute Gasteiger partial charge is 1.00 e. The van der Waals surface area contributed by atoms with Gasteiger partial charge in [-0.25, -0.2) is 9.36 Å². The summed E-state index contributed by atoms with van der Waals surface area (Å²) in [5.74, 6) is 0.600. The number of aliphatic imine (C=N–C) groups is 1. The zero-order valence-corrected chi connectivity index (χ0v) is 25.4.